The Hall–Kier alpha value is -2.93. The van der Waals surface area contributed by atoms with Crippen molar-refractivity contribution in [2.45, 2.75) is 26.3 Å². The van der Waals surface area contributed by atoms with Gasteiger partial charge in [-0.25, -0.2) is 4.98 Å². The molecular weight excluding hydrogens is 362 g/mol. The van der Waals surface area contributed by atoms with E-state index in [2.05, 4.69) is 4.98 Å². The number of amides is 1. The van der Waals surface area contributed by atoms with Gasteiger partial charge < -0.3 is 10.0 Å². The fraction of sp³-hybridized carbons (Fsp3) is 0.250. The largest absolute Gasteiger partial charge is 0.481 e. The molecule has 0 aliphatic carbocycles. The summed E-state index contributed by atoms with van der Waals surface area (Å²) in [5, 5.41) is 12.3. The number of carboxylic acids is 1. The van der Waals surface area contributed by atoms with Crippen molar-refractivity contribution in [1.82, 2.24) is 14.5 Å². The van der Waals surface area contributed by atoms with Crippen LogP contribution in [0.4, 0.5) is 0 Å². The van der Waals surface area contributed by atoms with Crippen LogP contribution in [0, 0.1) is 13.8 Å². The zero-order valence-corrected chi connectivity index (χ0v) is 15.9. The van der Waals surface area contributed by atoms with Gasteiger partial charge >= 0.3 is 5.97 Å². The maximum absolute atomic E-state index is 13.2. The zero-order chi connectivity index (χ0) is 19.1. The molecule has 1 amide bonds. The molecule has 4 rings (SSSR count). The highest BCUT2D eigenvalue weighted by Gasteiger charge is 2.33. The van der Waals surface area contributed by atoms with Crippen LogP contribution in [-0.2, 0) is 11.3 Å². The van der Waals surface area contributed by atoms with Crippen molar-refractivity contribution in [2.75, 3.05) is 6.54 Å². The summed E-state index contributed by atoms with van der Waals surface area (Å²) in [7, 11) is 0. The third-order valence-electron chi connectivity index (χ3n) is 5.05. The van der Waals surface area contributed by atoms with E-state index in [0.29, 0.717) is 12.1 Å². The molecule has 138 valence electrons. The molecule has 0 saturated carbocycles. The molecule has 2 aromatic heterocycles. The fourth-order valence-corrected chi connectivity index (χ4v) is 4.49. The normalized spacial score (nSPS) is 16.2. The maximum atomic E-state index is 13.2. The van der Waals surface area contributed by atoms with Gasteiger partial charge in [0.15, 0.2) is 5.13 Å². The highest BCUT2D eigenvalue weighted by molar-refractivity contribution is 7.12. The predicted molar refractivity (Wildman–Crippen MR) is 102 cm³/mol. The number of aryl methyl sites for hydroxylation is 1. The zero-order valence-electron chi connectivity index (χ0n) is 15.0. The molecule has 3 heterocycles. The van der Waals surface area contributed by atoms with E-state index in [1.165, 1.54) is 11.3 Å². The van der Waals surface area contributed by atoms with Crippen molar-refractivity contribution in [3.8, 4) is 5.13 Å². The number of hydrogen-bond donors (Lipinski definition) is 1. The molecule has 0 bridgehead atoms. The monoisotopic (exact) mass is 381 g/mol. The summed E-state index contributed by atoms with van der Waals surface area (Å²) in [4.78, 5) is 31.0. The van der Waals surface area contributed by atoms with Crippen LogP contribution in [0.2, 0.25) is 0 Å². The summed E-state index contributed by atoms with van der Waals surface area (Å²) in [5.74, 6) is -1.76. The van der Waals surface area contributed by atoms with Crippen LogP contribution >= 0.6 is 11.3 Å². The first-order chi connectivity index (χ1) is 13.0. The lowest BCUT2D eigenvalue weighted by atomic mass is 9.89. The van der Waals surface area contributed by atoms with Gasteiger partial charge in [0.25, 0.3) is 5.91 Å². The number of thiazole rings is 1. The molecule has 1 aromatic carbocycles. The van der Waals surface area contributed by atoms with E-state index in [4.69, 9.17) is 0 Å². The second-order valence-corrected chi connectivity index (χ2v) is 7.58. The van der Waals surface area contributed by atoms with E-state index in [-0.39, 0.29) is 12.5 Å². The molecule has 1 aliphatic heterocycles. The Labute approximate surface area is 160 Å². The lowest BCUT2D eigenvalue weighted by Crippen LogP contribution is -2.40. The Morgan fingerprint density at radius 2 is 2.04 bits per heavy atom. The molecule has 1 unspecified atom stereocenters. The number of carbonyl (C=O) groups excluding carboxylic acids is 1. The summed E-state index contributed by atoms with van der Waals surface area (Å²) < 4.78 is 1.96. The Morgan fingerprint density at radius 3 is 2.74 bits per heavy atom. The average molecular weight is 381 g/mol. The molecule has 0 radical (unpaired) electrons. The summed E-state index contributed by atoms with van der Waals surface area (Å²) in [6.45, 7) is 4.43. The standard InChI is InChI=1S/C20H19N3O3S/c1-12-9-16(13(2)23(12)20-21-7-8-27-20)18(24)22-10-14-5-3-4-6-15(14)17(11-22)19(25)26/h3-9,17H,10-11H2,1-2H3,(H,25,26). The highest BCUT2D eigenvalue weighted by atomic mass is 32.1. The molecule has 0 fully saturated rings. The van der Waals surface area contributed by atoms with E-state index >= 15 is 0 Å². The second-order valence-electron chi connectivity index (χ2n) is 6.71. The van der Waals surface area contributed by atoms with Crippen LogP contribution in [0.3, 0.4) is 0 Å². The number of carbonyl (C=O) groups is 2. The van der Waals surface area contributed by atoms with E-state index in [9.17, 15) is 14.7 Å². The van der Waals surface area contributed by atoms with Gasteiger partial charge in [-0.3, -0.25) is 14.2 Å². The number of carboxylic acid groups (broad SMARTS) is 1. The van der Waals surface area contributed by atoms with Gasteiger partial charge in [-0.1, -0.05) is 24.3 Å². The Bertz CT molecular complexity index is 1020. The van der Waals surface area contributed by atoms with Gasteiger partial charge in [-0.05, 0) is 31.0 Å². The summed E-state index contributed by atoms with van der Waals surface area (Å²) >= 11 is 1.51. The molecule has 1 aliphatic rings. The van der Waals surface area contributed by atoms with Gasteiger partial charge in [-0.15, -0.1) is 11.3 Å². The SMILES string of the molecule is Cc1cc(C(=O)N2Cc3ccccc3C(C(=O)O)C2)c(C)n1-c1nccs1. The lowest BCUT2D eigenvalue weighted by Gasteiger charge is -2.32. The van der Waals surface area contributed by atoms with Crippen molar-refractivity contribution >= 4 is 23.2 Å². The number of nitrogens with zero attached hydrogens (tertiary/aromatic N) is 3. The van der Waals surface area contributed by atoms with Crippen molar-refractivity contribution in [1.29, 1.82) is 0 Å². The van der Waals surface area contributed by atoms with Crippen molar-refractivity contribution < 1.29 is 14.7 Å². The molecular formula is C20H19N3O3S. The van der Waals surface area contributed by atoms with E-state index < -0.39 is 11.9 Å². The average Bonchev–Trinajstić information content (AvgIpc) is 3.27. The topological polar surface area (TPSA) is 75.4 Å². The van der Waals surface area contributed by atoms with Gasteiger partial charge in [0.05, 0.1) is 11.5 Å². The highest BCUT2D eigenvalue weighted by Crippen LogP contribution is 2.31. The van der Waals surface area contributed by atoms with Gasteiger partial charge in [0, 0.05) is 36.1 Å². The number of rotatable bonds is 3. The van der Waals surface area contributed by atoms with E-state index in [0.717, 1.165) is 27.6 Å². The minimum atomic E-state index is -0.909. The Balaban J connectivity index is 1.70. The van der Waals surface area contributed by atoms with E-state index in [1.807, 2.05) is 54.1 Å². The number of hydrogen-bond acceptors (Lipinski definition) is 4. The molecule has 27 heavy (non-hydrogen) atoms. The van der Waals surface area contributed by atoms with Crippen molar-refractivity contribution in [3.63, 3.8) is 0 Å². The quantitative estimate of drug-likeness (QED) is 0.755. The van der Waals surface area contributed by atoms with E-state index in [1.54, 1.807) is 11.1 Å². The van der Waals surface area contributed by atoms with Gasteiger partial charge in [0.1, 0.15) is 0 Å². The number of aromatic nitrogens is 2. The van der Waals surface area contributed by atoms with Crippen molar-refractivity contribution in [2.24, 2.45) is 0 Å². The third kappa shape index (κ3) is 2.94. The Kier molecular flexibility index (Phi) is 4.31. The number of fused-ring (bicyclic) bond motifs is 1. The van der Waals surface area contributed by atoms with Crippen LogP contribution in [0.1, 0.15) is 38.8 Å². The molecule has 6 nitrogen and oxygen atoms in total. The number of aliphatic carboxylic acids is 1. The first kappa shape index (κ1) is 17.5. The van der Waals surface area contributed by atoms with Crippen LogP contribution < -0.4 is 0 Å². The molecule has 0 spiro atoms. The van der Waals surface area contributed by atoms with Crippen LogP contribution in [0.15, 0.2) is 41.9 Å². The fourth-order valence-electron chi connectivity index (χ4n) is 3.74. The summed E-state index contributed by atoms with van der Waals surface area (Å²) in [6, 6.07) is 9.30. The molecule has 0 saturated heterocycles. The van der Waals surface area contributed by atoms with Crippen LogP contribution in [0.25, 0.3) is 5.13 Å². The minimum absolute atomic E-state index is 0.147. The minimum Gasteiger partial charge on any atom is -0.481 e. The second kappa shape index (κ2) is 6.66. The lowest BCUT2D eigenvalue weighted by molar-refractivity contribution is -0.139. The first-order valence-corrected chi connectivity index (χ1v) is 9.54. The predicted octanol–water partition coefficient (Wildman–Crippen LogP) is 3.37. The van der Waals surface area contributed by atoms with Crippen molar-refractivity contribution in [3.05, 3.63) is 70.0 Å². The first-order valence-electron chi connectivity index (χ1n) is 8.66. The molecule has 7 heteroatoms. The number of benzene rings is 1. The summed E-state index contributed by atoms with van der Waals surface area (Å²) in [6.07, 6.45) is 1.74. The summed E-state index contributed by atoms with van der Waals surface area (Å²) in [5.41, 5.74) is 4.02. The third-order valence-corrected chi connectivity index (χ3v) is 5.81. The van der Waals surface area contributed by atoms with Crippen LogP contribution in [0.5, 0.6) is 0 Å². The van der Waals surface area contributed by atoms with Gasteiger partial charge in [0.2, 0.25) is 0 Å². The molecule has 1 N–H and O–H groups in total. The van der Waals surface area contributed by atoms with Gasteiger partial charge in [-0.2, -0.15) is 0 Å². The van der Waals surface area contributed by atoms with Crippen LogP contribution in [-0.4, -0.2) is 38.0 Å². The smallest absolute Gasteiger partial charge is 0.312 e. The molecule has 1 atom stereocenters. The Morgan fingerprint density at radius 1 is 1.26 bits per heavy atom. The molecule has 3 aromatic rings. The maximum Gasteiger partial charge on any atom is 0.312 e.